The van der Waals surface area contributed by atoms with E-state index in [1.807, 2.05) is 19.1 Å². The van der Waals surface area contributed by atoms with Crippen LogP contribution >= 0.6 is 0 Å². The average molecular weight is 214 g/mol. The zero-order valence-electron chi connectivity index (χ0n) is 10.6. The van der Waals surface area contributed by atoms with Gasteiger partial charge in [0.1, 0.15) is 0 Å². The van der Waals surface area contributed by atoms with E-state index < -0.39 is 13.3 Å². The maximum atomic E-state index is 10.8. The summed E-state index contributed by atoms with van der Waals surface area (Å²) < 4.78 is 0. The van der Waals surface area contributed by atoms with Crippen molar-refractivity contribution in [2.45, 2.75) is 58.5 Å². The largest absolute Gasteiger partial charge is 0.389 e. The van der Waals surface area contributed by atoms with Crippen LogP contribution < -0.4 is 0 Å². The number of aliphatic hydroxyl groups is 1. The summed E-state index contributed by atoms with van der Waals surface area (Å²) in [5.41, 5.74) is 0. The standard InChI is InChI=1S/C12H26OSi/c1-7-10-12(13,14(4,5)6)11(8-2)9-3/h7,10-11,13H,8-9H2,1-6H3. The van der Waals surface area contributed by atoms with Gasteiger partial charge in [0.05, 0.1) is 13.3 Å². The third kappa shape index (κ3) is 2.70. The first-order valence-electron chi connectivity index (χ1n) is 5.69. The van der Waals surface area contributed by atoms with Crippen molar-refractivity contribution in [3.05, 3.63) is 12.2 Å². The van der Waals surface area contributed by atoms with Crippen molar-refractivity contribution in [3.8, 4) is 0 Å². The van der Waals surface area contributed by atoms with Gasteiger partial charge in [-0.05, 0) is 12.8 Å². The third-order valence-electron chi connectivity index (χ3n) is 3.23. The average Bonchev–Trinajstić information content (AvgIpc) is 2.04. The molecule has 0 spiro atoms. The van der Waals surface area contributed by atoms with Crippen LogP contribution in [0, 0.1) is 5.92 Å². The van der Waals surface area contributed by atoms with E-state index in [1.54, 1.807) is 0 Å². The highest BCUT2D eigenvalue weighted by Crippen LogP contribution is 2.34. The Kier molecular flexibility index (Phi) is 5.10. The summed E-state index contributed by atoms with van der Waals surface area (Å²) in [6, 6.07) is 0. The van der Waals surface area contributed by atoms with Crippen LogP contribution in [-0.2, 0) is 0 Å². The Morgan fingerprint density at radius 3 is 1.86 bits per heavy atom. The molecule has 0 bridgehead atoms. The van der Waals surface area contributed by atoms with Crippen LogP contribution in [0.15, 0.2) is 12.2 Å². The van der Waals surface area contributed by atoms with E-state index in [1.165, 1.54) is 0 Å². The molecule has 0 heterocycles. The van der Waals surface area contributed by atoms with Crippen molar-refractivity contribution >= 4 is 8.07 Å². The number of rotatable bonds is 5. The molecule has 1 nitrogen and oxygen atoms in total. The Bertz CT molecular complexity index is 189. The highest BCUT2D eigenvalue weighted by atomic mass is 28.3. The minimum Gasteiger partial charge on any atom is -0.389 e. The van der Waals surface area contributed by atoms with Crippen LogP contribution in [0.1, 0.15) is 33.6 Å². The maximum Gasteiger partial charge on any atom is 0.0873 e. The van der Waals surface area contributed by atoms with E-state index in [4.69, 9.17) is 0 Å². The Labute approximate surface area is 90.2 Å². The van der Waals surface area contributed by atoms with Crippen molar-refractivity contribution < 1.29 is 5.11 Å². The van der Waals surface area contributed by atoms with Crippen molar-refractivity contribution in [1.29, 1.82) is 0 Å². The zero-order chi connectivity index (χ0) is 11.4. The van der Waals surface area contributed by atoms with Crippen molar-refractivity contribution in [2.24, 2.45) is 5.92 Å². The van der Waals surface area contributed by atoms with Crippen molar-refractivity contribution in [1.82, 2.24) is 0 Å². The van der Waals surface area contributed by atoms with Gasteiger partial charge in [0.2, 0.25) is 0 Å². The molecule has 0 radical (unpaired) electrons. The first-order valence-corrected chi connectivity index (χ1v) is 9.19. The molecule has 14 heavy (non-hydrogen) atoms. The quantitative estimate of drug-likeness (QED) is 0.547. The molecule has 1 N–H and O–H groups in total. The minimum atomic E-state index is -1.57. The predicted octanol–water partition coefficient (Wildman–Crippen LogP) is 3.61. The lowest BCUT2D eigenvalue weighted by Crippen LogP contribution is -2.55. The summed E-state index contributed by atoms with van der Waals surface area (Å²) in [6.45, 7) is 13.1. The van der Waals surface area contributed by atoms with E-state index in [9.17, 15) is 5.11 Å². The van der Waals surface area contributed by atoms with Crippen molar-refractivity contribution in [3.63, 3.8) is 0 Å². The number of hydrogen-bond acceptors (Lipinski definition) is 1. The fourth-order valence-electron chi connectivity index (χ4n) is 2.16. The molecule has 1 atom stereocenters. The summed E-state index contributed by atoms with van der Waals surface area (Å²) in [5.74, 6) is 0.408. The van der Waals surface area contributed by atoms with Crippen LogP contribution in [0.2, 0.25) is 19.6 Å². The predicted molar refractivity (Wildman–Crippen MR) is 67.2 cm³/mol. The van der Waals surface area contributed by atoms with Gasteiger partial charge in [-0.25, -0.2) is 0 Å². The molecular formula is C12H26OSi. The van der Waals surface area contributed by atoms with E-state index in [2.05, 4.69) is 33.5 Å². The van der Waals surface area contributed by atoms with Crippen molar-refractivity contribution in [2.75, 3.05) is 0 Å². The summed E-state index contributed by atoms with van der Waals surface area (Å²) in [7, 11) is -1.57. The normalized spacial score (nSPS) is 17.7. The highest BCUT2D eigenvalue weighted by molar-refractivity contribution is 6.79. The lowest BCUT2D eigenvalue weighted by molar-refractivity contribution is 0.0921. The Balaban J connectivity index is 5.07. The van der Waals surface area contributed by atoms with Gasteiger partial charge >= 0.3 is 0 Å². The van der Waals surface area contributed by atoms with Gasteiger partial charge in [0.15, 0.2) is 0 Å². The van der Waals surface area contributed by atoms with E-state index >= 15 is 0 Å². The molecule has 0 saturated carbocycles. The first kappa shape index (κ1) is 13.9. The minimum absolute atomic E-state index is 0.408. The Morgan fingerprint density at radius 2 is 1.64 bits per heavy atom. The molecule has 0 saturated heterocycles. The van der Waals surface area contributed by atoms with E-state index in [0.29, 0.717) is 5.92 Å². The molecule has 0 aromatic heterocycles. The van der Waals surface area contributed by atoms with Gasteiger partial charge in [0.25, 0.3) is 0 Å². The van der Waals surface area contributed by atoms with Crippen LogP contribution in [0.3, 0.4) is 0 Å². The van der Waals surface area contributed by atoms with Crippen LogP contribution in [0.4, 0.5) is 0 Å². The second kappa shape index (κ2) is 5.13. The summed E-state index contributed by atoms with van der Waals surface area (Å²) in [5, 5.41) is 10.2. The molecule has 1 unspecified atom stereocenters. The molecule has 0 fully saturated rings. The van der Waals surface area contributed by atoms with Gasteiger partial charge < -0.3 is 5.11 Å². The van der Waals surface area contributed by atoms with Gasteiger partial charge in [-0.15, -0.1) is 0 Å². The highest BCUT2D eigenvalue weighted by Gasteiger charge is 2.43. The van der Waals surface area contributed by atoms with E-state index in [-0.39, 0.29) is 0 Å². The van der Waals surface area contributed by atoms with Gasteiger partial charge in [-0.1, -0.05) is 58.5 Å². The lowest BCUT2D eigenvalue weighted by atomic mass is 9.95. The first-order chi connectivity index (χ1) is 6.33. The molecule has 0 aromatic carbocycles. The second-order valence-electron chi connectivity index (χ2n) is 5.09. The molecular weight excluding hydrogens is 188 g/mol. The maximum absolute atomic E-state index is 10.8. The van der Waals surface area contributed by atoms with Gasteiger partial charge in [-0.2, -0.15) is 0 Å². The SMILES string of the molecule is CC=CC(O)(C(CC)CC)[Si](C)(C)C. The molecule has 0 aliphatic heterocycles. The molecule has 2 heteroatoms. The van der Waals surface area contributed by atoms with Crippen LogP contribution in [0.25, 0.3) is 0 Å². The fraction of sp³-hybridized carbons (Fsp3) is 0.833. The van der Waals surface area contributed by atoms with E-state index in [0.717, 1.165) is 12.8 Å². The summed E-state index contributed by atoms with van der Waals surface area (Å²) >= 11 is 0. The summed E-state index contributed by atoms with van der Waals surface area (Å²) in [4.78, 5) is 0. The molecule has 0 aliphatic rings. The van der Waals surface area contributed by atoms with Gasteiger partial charge in [-0.3, -0.25) is 0 Å². The van der Waals surface area contributed by atoms with Crippen LogP contribution in [-0.4, -0.2) is 18.4 Å². The van der Waals surface area contributed by atoms with Gasteiger partial charge in [0, 0.05) is 0 Å². The van der Waals surface area contributed by atoms with Crippen LogP contribution in [0.5, 0.6) is 0 Å². The lowest BCUT2D eigenvalue weighted by Gasteiger charge is -2.42. The zero-order valence-corrected chi connectivity index (χ0v) is 11.6. The number of allylic oxidation sites excluding steroid dienone is 1. The smallest absolute Gasteiger partial charge is 0.0873 e. The fourth-order valence-corrected chi connectivity index (χ4v) is 4.46. The topological polar surface area (TPSA) is 20.2 Å². The second-order valence-corrected chi connectivity index (χ2v) is 10.4. The third-order valence-corrected chi connectivity index (χ3v) is 6.21. The molecule has 0 aliphatic carbocycles. The summed E-state index contributed by atoms with van der Waals surface area (Å²) in [6.07, 6.45) is 6.14. The number of hydrogen-bond donors (Lipinski definition) is 1. The molecule has 0 amide bonds. The molecule has 0 aromatic rings. The Morgan fingerprint density at radius 1 is 1.21 bits per heavy atom. The monoisotopic (exact) mass is 214 g/mol. The Hall–Kier alpha value is -0.0831. The molecule has 84 valence electrons. The molecule has 0 rings (SSSR count).